The van der Waals surface area contributed by atoms with Gasteiger partial charge in [0, 0.05) is 17.8 Å². The molecule has 5 heteroatoms. The molecular formula is C11H13BrN2O2. The van der Waals surface area contributed by atoms with Gasteiger partial charge in [-0.15, -0.1) is 0 Å². The van der Waals surface area contributed by atoms with Crippen LogP contribution in [0.25, 0.3) is 10.9 Å². The van der Waals surface area contributed by atoms with Gasteiger partial charge in [0.2, 0.25) is 0 Å². The molecule has 0 saturated carbocycles. The summed E-state index contributed by atoms with van der Waals surface area (Å²) in [5.74, 6) is 0. The maximum atomic E-state index is 9.87. The smallest absolute Gasteiger partial charge is 0.106 e. The summed E-state index contributed by atoms with van der Waals surface area (Å²) in [6.45, 7) is 0. The molecule has 0 amide bonds. The number of rotatable bonds is 3. The summed E-state index contributed by atoms with van der Waals surface area (Å²) in [4.78, 5) is 0. The number of nitrogens with zero attached hydrogens (tertiary/aromatic N) is 2. The Bertz CT molecular complexity index is 498. The lowest BCUT2D eigenvalue weighted by Gasteiger charge is -2.15. The average Bonchev–Trinajstić information content (AvgIpc) is 2.68. The molecule has 0 aliphatic rings. The number of halogens is 1. The van der Waals surface area contributed by atoms with Crippen LogP contribution in [0.1, 0.15) is 11.7 Å². The summed E-state index contributed by atoms with van der Waals surface area (Å²) in [6, 6.07) is 5.54. The number of hydrogen-bond acceptors (Lipinski definition) is 3. The van der Waals surface area contributed by atoms with Gasteiger partial charge >= 0.3 is 0 Å². The first kappa shape index (κ1) is 11.6. The van der Waals surface area contributed by atoms with Crippen molar-refractivity contribution in [2.75, 3.05) is 5.33 Å². The summed E-state index contributed by atoms with van der Waals surface area (Å²) < 4.78 is 1.74. The van der Waals surface area contributed by atoms with Crippen molar-refractivity contribution in [2.45, 2.75) is 12.2 Å². The third kappa shape index (κ3) is 1.98. The molecule has 0 aliphatic carbocycles. The van der Waals surface area contributed by atoms with E-state index in [-0.39, 0.29) is 0 Å². The first-order chi connectivity index (χ1) is 7.63. The molecule has 2 N–H and O–H groups in total. The van der Waals surface area contributed by atoms with Crippen molar-refractivity contribution in [3.8, 4) is 0 Å². The van der Waals surface area contributed by atoms with Gasteiger partial charge in [0.15, 0.2) is 0 Å². The highest BCUT2D eigenvalue weighted by Crippen LogP contribution is 2.22. The summed E-state index contributed by atoms with van der Waals surface area (Å²) >= 11 is 3.14. The van der Waals surface area contributed by atoms with E-state index < -0.39 is 12.2 Å². The monoisotopic (exact) mass is 284 g/mol. The van der Waals surface area contributed by atoms with Crippen LogP contribution in [0.3, 0.4) is 0 Å². The molecule has 0 radical (unpaired) electrons. The quantitative estimate of drug-likeness (QED) is 0.837. The number of aromatic nitrogens is 2. The van der Waals surface area contributed by atoms with Crippen molar-refractivity contribution < 1.29 is 10.2 Å². The minimum atomic E-state index is -0.876. The van der Waals surface area contributed by atoms with Crippen molar-refractivity contribution in [3.05, 3.63) is 30.0 Å². The van der Waals surface area contributed by atoms with E-state index in [1.54, 1.807) is 16.9 Å². The van der Waals surface area contributed by atoms with E-state index in [4.69, 9.17) is 0 Å². The van der Waals surface area contributed by atoms with Crippen LogP contribution in [0.15, 0.2) is 24.4 Å². The van der Waals surface area contributed by atoms with Gasteiger partial charge in [-0.3, -0.25) is 4.68 Å². The number of hydrogen-bond donors (Lipinski definition) is 2. The fourth-order valence-corrected chi connectivity index (χ4v) is 2.01. The second-order valence-corrected chi connectivity index (χ2v) is 4.40. The number of aliphatic hydroxyl groups excluding tert-OH is 2. The molecule has 2 rings (SSSR count). The second kappa shape index (κ2) is 4.53. The maximum Gasteiger partial charge on any atom is 0.106 e. The minimum Gasteiger partial charge on any atom is -0.389 e. The summed E-state index contributed by atoms with van der Waals surface area (Å²) in [6.07, 6.45) is 0.0937. The number of benzene rings is 1. The van der Waals surface area contributed by atoms with Crippen molar-refractivity contribution >= 4 is 26.8 Å². The van der Waals surface area contributed by atoms with Gasteiger partial charge in [-0.05, 0) is 11.6 Å². The van der Waals surface area contributed by atoms with Crippen LogP contribution in [-0.4, -0.2) is 31.4 Å². The first-order valence-corrected chi connectivity index (χ1v) is 6.09. The highest BCUT2D eigenvalue weighted by atomic mass is 79.9. The van der Waals surface area contributed by atoms with Crippen LogP contribution in [0.2, 0.25) is 0 Å². The number of alkyl halides is 1. The first-order valence-electron chi connectivity index (χ1n) is 4.97. The fraction of sp³-hybridized carbons (Fsp3) is 0.364. The van der Waals surface area contributed by atoms with Gasteiger partial charge in [-0.1, -0.05) is 28.1 Å². The molecule has 0 aliphatic heterocycles. The zero-order valence-corrected chi connectivity index (χ0v) is 10.4. The topological polar surface area (TPSA) is 58.3 Å². The van der Waals surface area contributed by atoms with Crippen molar-refractivity contribution in [1.29, 1.82) is 0 Å². The Labute approximate surface area is 102 Å². The third-order valence-corrected chi connectivity index (χ3v) is 3.30. The highest BCUT2D eigenvalue weighted by molar-refractivity contribution is 9.09. The molecule has 0 saturated heterocycles. The molecule has 0 bridgehead atoms. The maximum absolute atomic E-state index is 9.87. The molecule has 0 spiro atoms. The number of aliphatic hydroxyl groups is 2. The molecule has 16 heavy (non-hydrogen) atoms. The van der Waals surface area contributed by atoms with Crippen LogP contribution in [0.4, 0.5) is 0 Å². The van der Waals surface area contributed by atoms with Gasteiger partial charge in [0.1, 0.15) is 6.10 Å². The zero-order chi connectivity index (χ0) is 11.7. The standard InChI is InChI=1S/C11H13BrN2O2/c1-14-9-4-7(11(16)10(15)5-12)2-3-8(9)6-13-14/h2-4,6,10-11,15-16H,5H2,1H3. The van der Waals surface area contributed by atoms with E-state index in [0.29, 0.717) is 10.9 Å². The Hall–Kier alpha value is -0.910. The van der Waals surface area contributed by atoms with Gasteiger partial charge < -0.3 is 10.2 Å². The summed E-state index contributed by atoms with van der Waals surface area (Å²) in [5, 5.41) is 24.9. The van der Waals surface area contributed by atoms with Gasteiger partial charge in [-0.2, -0.15) is 5.10 Å². The molecule has 2 atom stereocenters. The van der Waals surface area contributed by atoms with Crippen LogP contribution in [-0.2, 0) is 7.05 Å². The van der Waals surface area contributed by atoms with Crippen molar-refractivity contribution in [2.24, 2.45) is 7.05 Å². The van der Waals surface area contributed by atoms with E-state index in [0.717, 1.165) is 10.9 Å². The minimum absolute atomic E-state index is 0.345. The highest BCUT2D eigenvalue weighted by Gasteiger charge is 2.17. The van der Waals surface area contributed by atoms with Crippen LogP contribution < -0.4 is 0 Å². The van der Waals surface area contributed by atoms with Gasteiger partial charge in [0.25, 0.3) is 0 Å². The van der Waals surface area contributed by atoms with Crippen molar-refractivity contribution in [3.63, 3.8) is 0 Å². The Morgan fingerprint density at radius 2 is 2.19 bits per heavy atom. The van der Waals surface area contributed by atoms with Crippen LogP contribution in [0.5, 0.6) is 0 Å². The molecule has 0 fully saturated rings. The van der Waals surface area contributed by atoms with Crippen LogP contribution >= 0.6 is 15.9 Å². The predicted molar refractivity (Wildman–Crippen MR) is 65.5 cm³/mol. The van der Waals surface area contributed by atoms with Crippen molar-refractivity contribution in [1.82, 2.24) is 9.78 Å². The number of fused-ring (bicyclic) bond motifs is 1. The fourth-order valence-electron chi connectivity index (χ4n) is 1.65. The third-order valence-electron chi connectivity index (χ3n) is 2.64. The molecule has 1 aromatic carbocycles. The Kier molecular flexibility index (Phi) is 3.28. The molecule has 1 aromatic heterocycles. The summed E-state index contributed by atoms with van der Waals surface area (Å²) in [7, 11) is 1.85. The summed E-state index contributed by atoms with van der Waals surface area (Å²) in [5.41, 5.74) is 1.64. The molecule has 86 valence electrons. The molecule has 2 aromatic rings. The number of aryl methyl sites for hydroxylation is 1. The van der Waals surface area contributed by atoms with E-state index >= 15 is 0 Å². The predicted octanol–water partition coefficient (Wildman–Crippen LogP) is 1.36. The van der Waals surface area contributed by atoms with E-state index in [1.165, 1.54) is 0 Å². The second-order valence-electron chi connectivity index (χ2n) is 3.75. The van der Waals surface area contributed by atoms with E-state index in [2.05, 4.69) is 21.0 Å². The molecule has 1 heterocycles. The normalized spacial score (nSPS) is 15.2. The van der Waals surface area contributed by atoms with Crippen LogP contribution in [0, 0.1) is 0 Å². The molecular weight excluding hydrogens is 272 g/mol. The Balaban J connectivity index is 2.41. The Morgan fingerprint density at radius 3 is 2.88 bits per heavy atom. The van der Waals surface area contributed by atoms with Gasteiger partial charge in [0.05, 0.1) is 17.8 Å². The Morgan fingerprint density at radius 1 is 1.44 bits per heavy atom. The van der Waals surface area contributed by atoms with Gasteiger partial charge in [-0.25, -0.2) is 0 Å². The molecule has 2 unspecified atom stereocenters. The SMILES string of the molecule is Cn1ncc2ccc(C(O)C(O)CBr)cc21. The lowest BCUT2D eigenvalue weighted by molar-refractivity contribution is 0.0343. The average molecular weight is 285 g/mol. The van der Waals surface area contributed by atoms with E-state index in [1.807, 2.05) is 19.2 Å². The molecule has 4 nitrogen and oxygen atoms in total. The lowest BCUT2D eigenvalue weighted by Crippen LogP contribution is -2.19. The lowest BCUT2D eigenvalue weighted by atomic mass is 10.0. The largest absolute Gasteiger partial charge is 0.389 e. The van der Waals surface area contributed by atoms with E-state index in [9.17, 15) is 10.2 Å². The zero-order valence-electron chi connectivity index (χ0n) is 8.84.